The zero-order valence-corrected chi connectivity index (χ0v) is 17.5. The Kier molecular flexibility index (Phi) is 5.37. The Morgan fingerprint density at radius 1 is 1.00 bits per heavy atom. The molecule has 0 radical (unpaired) electrons. The lowest BCUT2D eigenvalue weighted by molar-refractivity contribution is 0.0713. The van der Waals surface area contributed by atoms with Crippen LogP contribution >= 0.6 is 0 Å². The quantitative estimate of drug-likeness (QED) is 0.512. The smallest absolute Gasteiger partial charge is 0.257 e. The number of benzene rings is 1. The summed E-state index contributed by atoms with van der Waals surface area (Å²) in [6.07, 6.45) is 8.79. The van der Waals surface area contributed by atoms with Crippen LogP contribution in [0.25, 0.3) is 11.0 Å². The van der Waals surface area contributed by atoms with Gasteiger partial charge in [-0.2, -0.15) is 0 Å². The van der Waals surface area contributed by atoms with E-state index in [0.29, 0.717) is 35.8 Å². The van der Waals surface area contributed by atoms with Crippen LogP contribution in [0.5, 0.6) is 0 Å². The monoisotopic (exact) mass is 425 g/mol. The molecule has 1 fully saturated rings. The Balaban J connectivity index is 1.24. The van der Waals surface area contributed by atoms with Crippen molar-refractivity contribution in [2.75, 3.05) is 18.4 Å². The van der Waals surface area contributed by atoms with Gasteiger partial charge in [-0.25, -0.2) is 4.98 Å². The summed E-state index contributed by atoms with van der Waals surface area (Å²) in [6.45, 7) is 1.39. The van der Waals surface area contributed by atoms with Crippen molar-refractivity contribution in [3.05, 3.63) is 90.0 Å². The van der Waals surface area contributed by atoms with Crippen molar-refractivity contribution in [3.8, 4) is 0 Å². The second-order valence-electron chi connectivity index (χ2n) is 7.99. The van der Waals surface area contributed by atoms with E-state index in [-0.39, 0.29) is 11.8 Å². The maximum atomic E-state index is 13.1. The highest BCUT2D eigenvalue weighted by Crippen LogP contribution is 2.33. The van der Waals surface area contributed by atoms with Crippen LogP contribution in [0, 0.1) is 0 Å². The van der Waals surface area contributed by atoms with E-state index in [0.717, 1.165) is 23.9 Å². The summed E-state index contributed by atoms with van der Waals surface area (Å²) in [5, 5.41) is 4.00. The summed E-state index contributed by atoms with van der Waals surface area (Å²) in [7, 11) is 0. The lowest BCUT2D eigenvalue weighted by Crippen LogP contribution is -2.37. The topological polar surface area (TPSA) is 91.0 Å². The summed E-state index contributed by atoms with van der Waals surface area (Å²) in [6, 6.07) is 14.6. The highest BCUT2D eigenvalue weighted by molar-refractivity contribution is 6.05. The third-order valence-electron chi connectivity index (χ3n) is 6.00. The number of rotatable bonds is 4. The van der Waals surface area contributed by atoms with E-state index in [1.807, 2.05) is 17.2 Å². The Bertz CT molecular complexity index is 1260. The predicted octanol–water partition coefficient (Wildman–Crippen LogP) is 4.23. The van der Waals surface area contributed by atoms with Gasteiger partial charge in [0.1, 0.15) is 5.65 Å². The van der Waals surface area contributed by atoms with Gasteiger partial charge in [-0.1, -0.05) is 6.07 Å². The van der Waals surface area contributed by atoms with Crippen LogP contribution in [0.15, 0.2) is 73.3 Å². The number of nitrogens with zero attached hydrogens (tertiary/aromatic N) is 3. The van der Waals surface area contributed by atoms with Gasteiger partial charge in [0.15, 0.2) is 0 Å². The second kappa shape index (κ2) is 8.63. The van der Waals surface area contributed by atoms with Gasteiger partial charge in [-0.05, 0) is 66.8 Å². The number of fused-ring (bicyclic) bond motifs is 1. The molecule has 0 unspecified atom stereocenters. The molecule has 5 rings (SSSR count). The molecular formula is C25H23N5O2. The van der Waals surface area contributed by atoms with Crippen molar-refractivity contribution in [2.24, 2.45) is 0 Å². The maximum absolute atomic E-state index is 13.1. The molecule has 7 nitrogen and oxygen atoms in total. The van der Waals surface area contributed by atoms with Gasteiger partial charge in [0, 0.05) is 54.5 Å². The normalized spacial score (nSPS) is 14.4. The first kappa shape index (κ1) is 19.9. The highest BCUT2D eigenvalue weighted by atomic mass is 16.2. The molecule has 32 heavy (non-hydrogen) atoms. The fourth-order valence-corrected chi connectivity index (χ4v) is 4.32. The van der Waals surface area contributed by atoms with E-state index >= 15 is 0 Å². The molecule has 1 saturated heterocycles. The number of likely N-dealkylation sites (tertiary alicyclic amines) is 1. The molecule has 2 amide bonds. The lowest BCUT2D eigenvalue weighted by Gasteiger charge is -2.32. The highest BCUT2D eigenvalue weighted by Gasteiger charge is 2.26. The summed E-state index contributed by atoms with van der Waals surface area (Å²) >= 11 is 0. The summed E-state index contributed by atoms with van der Waals surface area (Å²) < 4.78 is 0. The number of pyridine rings is 2. The van der Waals surface area contributed by atoms with Gasteiger partial charge >= 0.3 is 0 Å². The standard InChI is InChI=1S/C25H23N5O2/c31-24(19-5-2-10-26-15-19)29-20-6-1-4-18(14-20)25(32)30-12-8-17(9-13-30)22-16-28-23-21(22)7-3-11-27-23/h1-7,10-11,14-17H,8-9,12-13H2,(H,27,28)(H,29,31). The van der Waals surface area contributed by atoms with Crippen molar-refractivity contribution in [1.29, 1.82) is 0 Å². The molecule has 7 heteroatoms. The third kappa shape index (κ3) is 3.97. The molecule has 1 aromatic carbocycles. The van der Waals surface area contributed by atoms with E-state index in [1.165, 1.54) is 11.8 Å². The number of carbonyl (C=O) groups excluding carboxylic acids is 2. The van der Waals surface area contributed by atoms with Crippen LogP contribution in [0.3, 0.4) is 0 Å². The Morgan fingerprint density at radius 2 is 1.81 bits per heavy atom. The third-order valence-corrected chi connectivity index (χ3v) is 6.00. The molecular weight excluding hydrogens is 402 g/mol. The first-order valence-corrected chi connectivity index (χ1v) is 10.7. The Hall–Kier alpha value is -4.00. The van der Waals surface area contributed by atoms with Gasteiger partial charge in [-0.3, -0.25) is 14.6 Å². The largest absolute Gasteiger partial charge is 0.346 e. The van der Waals surface area contributed by atoms with E-state index in [4.69, 9.17) is 0 Å². The first-order valence-electron chi connectivity index (χ1n) is 10.7. The SMILES string of the molecule is O=C(Nc1cccc(C(=O)N2CCC(c3c[nH]c4ncccc34)CC2)c1)c1cccnc1. The van der Waals surface area contributed by atoms with E-state index in [1.54, 1.807) is 48.8 Å². The number of anilines is 1. The predicted molar refractivity (Wildman–Crippen MR) is 123 cm³/mol. The number of carbonyl (C=O) groups is 2. The molecule has 4 aromatic rings. The minimum Gasteiger partial charge on any atom is -0.346 e. The van der Waals surface area contributed by atoms with Gasteiger partial charge < -0.3 is 15.2 Å². The van der Waals surface area contributed by atoms with Crippen molar-refractivity contribution >= 4 is 28.5 Å². The lowest BCUT2D eigenvalue weighted by atomic mass is 9.89. The molecule has 0 atom stereocenters. The van der Waals surface area contributed by atoms with Crippen LogP contribution in [-0.4, -0.2) is 44.8 Å². The van der Waals surface area contributed by atoms with Gasteiger partial charge in [0.05, 0.1) is 5.56 Å². The van der Waals surface area contributed by atoms with E-state index in [9.17, 15) is 9.59 Å². The molecule has 0 spiro atoms. The summed E-state index contributed by atoms with van der Waals surface area (Å²) in [5.41, 5.74) is 3.82. The Labute approximate surface area is 185 Å². The number of piperidine rings is 1. The van der Waals surface area contributed by atoms with Gasteiger partial charge in [0.2, 0.25) is 0 Å². The average Bonchev–Trinajstić information content (AvgIpc) is 3.29. The number of H-pyrrole nitrogens is 1. The second-order valence-corrected chi connectivity index (χ2v) is 7.99. The number of hydrogen-bond acceptors (Lipinski definition) is 4. The zero-order valence-electron chi connectivity index (χ0n) is 17.5. The molecule has 0 aliphatic carbocycles. The molecule has 160 valence electrons. The van der Waals surface area contributed by atoms with Crippen LogP contribution in [0.2, 0.25) is 0 Å². The van der Waals surface area contributed by atoms with Crippen LogP contribution < -0.4 is 5.32 Å². The van der Waals surface area contributed by atoms with E-state index < -0.39 is 0 Å². The summed E-state index contributed by atoms with van der Waals surface area (Å²) in [5.74, 6) is 0.139. The Morgan fingerprint density at radius 3 is 2.62 bits per heavy atom. The molecule has 4 heterocycles. The molecule has 1 aliphatic heterocycles. The molecule has 0 saturated carbocycles. The summed E-state index contributed by atoms with van der Waals surface area (Å²) in [4.78, 5) is 39.0. The fraction of sp³-hybridized carbons (Fsp3) is 0.200. The van der Waals surface area contributed by atoms with Gasteiger partial charge in [0.25, 0.3) is 11.8 Å². The van der Waals surface area contributed by atoms with Crippen LogP contribution in [-0.2, 0) is 0 Å². The fourth-order valence-electron chi connectivity index (χ4n) is 4.32. The van der Waals surface area contributed by atoms with Crippen LogP contribution in [0.4, 0.5) is 5.69 Å². The van der Waals surface area contributed by atoms with Crippen LogP contribution in [0.1, 0.15) is 45.0 Å². The number of hydrogen-bond donors (Lipinski definition) is 2. The minimum absolute atomic E-state index is 0.0125. The van der Waals surface area contributed by atoms with Crippen molar-refractivity contribution < 1.29 is 9.59 Å². The molecule has 1 aliphatic rings. The number of aromatic nitrogens is 3. The molecule has 3 aromatic heterocycles. The number of aromatic amines is 1. The number of amides is 2. The molecule has 0 bridgehead atoms. The van der Waals surface area contributed by atoms with Gasteiger partial charge in [-0.15, -0.1) is 0 Å². The first-order chi connectivity index (χ1) is 15.7. The maximum Gasteiger partial charge on any atom is 0.257 e. The minimum atomic E-state index is -0.253. The zero-order chi connectivity index (χ0) is 21.9. The van der Waals surface area contributed by atoms with Crippen molar-refractivity contribution in [2.45, 2.75) is 18.8 Å². The molecule has 2 N–H and O–H groups in total. The van der Waals surface area contributed by atoms with E-state index in [2.05, 4.69) is 26.3 Å². The van der Waals surface area contributed by atoms with Crippen molar-refractivity contribution in [3.63, 3.8) is 0 Å². The average molecular weight is 425 g/mol. The van der Waals surface area contributed by atoms with Crippen molar-refractivity contribution in [1.82, 2.24) is 19.9 Å². The number of nitrogens with one attached hydrogen (secondary N) is 2.